The van der Waals surface area contributed by atoms with Crippen molar-refractivity contribution < 1.29 is 24.0 Å². The van der Waals surface area contributed by atoms with Crippen molar-refractivity contribution in [1.82, 2.24) is 4.98 Å². The Hall–Kier alpha value is -2.51. The van der Waals surface area contributed by atoms with Crippen molar-refractivity contribution in [1.29, 1.82) is 0 Å². The van der Waals surface area contributed by atoms with Crippen molar-refractivity contribution in [3.8, 4) is 0 Å². The van der Waals surface area contributed by atoms with Crippen LogP contribution in [0.15, 0.2) is 6.07 Å². The minimum Gasteiger partial charge on any atom is -0.465 e. The average Bonchev–Trinajstić information content (AvgIpc) is 2.60. The Kier molecular flexibility index (Phi) is 6.74. The summed E-state index contributed by atoms with van der Waals surface area (Å²) in [6.45, 7) is 9.73. The van der Waals surface area contributed by atoms with Gasteiger partial charge in [-0.2, -0.15) is 0 Å². The summed E-state index contributed by atoms with van der Waals surface area (Å²) in [6, 6.07) is 1.46. The lowest BCUT2D eigenvalue weighted by Crippen LogP contribution is -2.30. The zero-order valence-electron chi connectivity index (χ0n) is 17.1. The van der Waals surface area contributed by atoms with Gasteiger partial charge in [-0.15, -0.1) is 0 Å². The Bertz CT molecular complexity index is 751. The molecule has 154 valence electrons. The average molecular weight is 392 g/mol. The van der Waals surface area contributed by atoms with Gasteiger partial charge in [-0.05, 0) is 50.0 Å². The molecule has 0 N–H and O–H groups in total. The standard InChI is InChI=1S/C20H28N2O6/c1-6-27-18(23)16(19(24)28-7-2)17-15(22(25)26)11-12-10-13(20(3,4)5)8-9-14(12)21-17/h11,13,16H,6-10H2,1-5H3. The van der Waals surface area contributed by atoms with Gasteiger partial charge in [0, 0.05) is 11.8 Å². The third kappa shape index (κ3) is 4.66. The van der Waals surface area contributed by atoms with Crippen molar-refractivity contribution in [2.45, 2.75) is 59.8 Å². The van der Waals surface area contributed by atoms with Crippen LogP contribution in [0.4, 0.5) is 5.69 Å². The minimum absolute atomic E-state index is 0.0424. The van der Waals surface area contributed by atoms with Gasteiger partial charge >= 0.3 is 11.9 Å². The van der Waals surface area contributed by atoms with Crippen molar-refractivity contribution in [3.05, 3.63) is 33.1 Å². The van der Waals surface area contributed by atoms with Gasteiger partial charge in [0.1, 0.15) is 5.69 Å². The Morgan fingerprint density at radius 2 is 1.82 bits per heavy atom. The third-order valence-corrected chi connectivity index (χ3v) is 5.13. The highest BCUT2D eigenvalue weighted by Gasteiger charge is 2.40. The van der Waals surface area contributed by atoms with Crippen LogP contribution in [0.3, 0.4) is 0 Å². The normalized spacial score (nSPS) is 16.4. The van der Waals surface area contributed by atoms with E-state index in [4.69, 9.17) is 9.47 Å². The summed E-state index contributed by atoms with van der Waals surface area (Å²) in [5.74, 6) is -2.97. The lowest BCUT2D eigenvalue weighted by molar-refractivity contribution is -0.386. The maximum Gasteiger partial charge on any atom is 0.326 e. The van der Waals surface area contributed by atoms with Crippen LogP contribution in [-0.4, -0.2) is 35.1 Å². The molecule has 0 aliphatic heterocycles. The highest BCUT2D eigenvalue weighted by atomic mass is 16.6. The number of nitrogens with zero attached hydrogens (tertiary/aromatic N) is 2. The van der Waals surface area contributed by atoms with E-state index in [0.717, 1.165) is 12.0 Å². The second-order valence-electron chi connectivity index (χ2n) is 8.00. The molecule has 0 saturated carbocycles. The van der Waals surface area contributed by atoms with E-state index >= 15 is 0 Å². The van der Waals surface area contributed by atoms with Crippen LogP contribution in [0.5, 0.6) is 0 Å². The number of pyridine rings is 1. The number of aryl methyl sites for hydroxylation is 1. The van der Waals surface area contributed by atoms with Crippen LogP contribution in [0, 0.1) is 21.4 Å². The highest BCUT2D eigenvalue weighted by molar-refractivity contribution is 6.01. The summed E-state index contributed by atoms with van der Waals surface area (Å²) in [4.78, 5) is 40.3. The molecular weight excluding hydrogens is 364 g/mol. The second-order valence-corrected chi connectivity index (χ2v) is 8.00. The topological polar surface area (TPSA) is 109 Å². The Labute approximate surface area is 164 Å². The zero-order valence-corrected chi connectivity index (χ0v) is 17.1. The largest absolute Gasteiger partial charge is 0.465 e. The number of fused-ring (bicyclic) bond motifs is 1. The monoisotopic (exact) mass is 392 g/mol. The summed E-state index contributed by atoms with van der Waals surface area (Å²) < 4.78 is 9.93. The summed E-state index contributed by atoms with van der Waals surface area (Å²) >= 11 is 0. The first kappa shape index (κ1) is 21.8. The van der Waals surface area contributed by atoms with E-state index in [1.807, 2.05) is 0 Å². The van der Waals surface area contributed by atoms with E-state index in [9.17, 15) is 19.7 Å². The second kappa shape index (κ2) is 8.67. The zero-order chi connectivity index (χ0) is 21.1. The molecule has 28 heavy (non-hydrogen) atoms. The molecule has 8 nitrogen and oxygen atoms in total. The molecule has 1 aromatic rings. The molecule has 0 aromatic carbocycles. The fourth-order valence-electron chi connectivity index (χ4n) is 3.54. The summed E-state index contributed by atoms with van der Waals surface area (Å²) in [5, 5.41) is 11.7. The Morgan fingerprint density at radius 1 is 1.25 bits per heavy atom. The van der Waals surface area contributed by atoms with Gasteiger partial charge < -0.3 is 9.47 Å². The molecule has 8 heteroatoms. The van der Waals surface area contributed by atoms with Crippen molar-refractivity contribution in [3.63, 3.8) is 0 Å². The van der Waals surface area contributed by atoms with Gasteiger partial charge in [-0.1, -0.05) is 20.8 Å². The summed E-state index contributed by atoms with van der Waals surface area (Å²) in [7, 11) is 0. The molecular formula is C20H28N2O6. The molecule has 0 amide bonds. The lowest BCUT2D eigenvalue weighted by atomic mass is 9.71. The first-order valence-electron chi connectivity index (χ1n) is 9.60. The molecule has 1 atom stereocenters. The van der Waals surface area contributed by atoms with Crippen LogP contribution in [0.25, 0.3) is 0 Å². The Balaban J connectivity index is 2.55. The quantitative estimate of drug-likeness (QED) is 0.316. The summed E-state index contributed by atoms with van der Waals surface area (Å²) in [6.07, 6.45) is 2.21. The molecule has 1 aromatic heterocycles. The minimum atomic E-state index is -1.56. The van der Waals surface area contributed by atoms with Gasteiger partial charge in [0.25, 0.3) is 5.69 Å². The van der Waals surface area contributed by atoms with Gasteiger partial charge in [0.2, 0.25) is 5.92 Å². The first-order chi connectivity index (χ1) is 13.1. The van der Waals surface area contributed by atoms with Gasteiger partial charge in [-0.25, -0.2) is 4.98 Å². The number of aromatic nitrogens is 1. The van der Waals surface area contributed by atoms with Crippen molar-refractivity contribution in [2.75, 3.05) is 13.2 Å². The number of ether oxygens (including phenoxy) is 2. The van der Waals surface area contributed by atoms with Gasteiger partial charge in [-0.3, -0.25) is 19.7 Å². The fraction of sp³-hybridized carbons (Fsp3) is 0.650. The molecule has 1 heterocycles. The molecule has 1 unspecified atom stereocenters. The number of hydrogen-bond acceptors (Lipinski definition) is 7. The number of nitro groups is 1. The maximum atomic E-state index is 12.4. The van der Waals surface area contributed by atoms with Crippen LogP contribution >= 0.6 is 0 Å². The molecule has 0 spiro atoms. The fourth-order valence-corrected chi connectivity index (χ4v) is 3.54. The molecule has 2 rings (SSSR count). The van der Waals surface area contributed by atoms with E-state index in [0.29, 0.717) is 24.5 Å². The number of rotatable bonds is 6. The van der Waals surface area contributed by atoms with Crippen LogP contribution < -0.4 is 0 Å². The van der Waals surface area contributed by atoms with E-state index in [1.54, 1.807) is 13.8 Å². The SMILES string of the molecule is CCOC(=O)C(C(=O)OCC)c1nc2c(cc1[N+](=O)[O-])CC(C(C)(C)C)CC2. The van der Waals surface area contributed by atoms with E-state index in [-0.39, 0.29) is 30.0 Å². The number of hydrogen-bond donors (Lipinski definition) is 0. The predicted octanol–water partition coefficient (Wildman–Crippen LogP) is 3.35. The molecule has 0 fully saturated rings. The van der Waals surface area contributed by atoms with Crippen LogP contribution in [0.1, 0.15) is 63.9 Å². The number of carbonyl (C=O) groups is 2. The Morgan fingerprint density at radius 3 is 2.29 bits per heavy atom. The highest BCUT2D eigenvalue weighted by Crippen LogP contribution is 2.39. The third-order valence-electron chi connectivity index (χ3n) is 5.13. The van der Waals surface area contributed by atoms with Crippen molar-refractivity contribution in [2.24, 2.45) is 11.3 Å². The van der Waals surface area contributed by atoms with Crippen molar-refractivity contribution >= 4 is 17.6 Å². The molecule has 0 bridgehead atoms. The van der Waals surface area contributed by atoms with E-state index in [2.05, 4.69) is 25.8 Å². The number of carbonyl (C=O) groups excluding carboxylic acids is 2. The molecule has 0 saturated heterocycles. The summed E-state index contributed by atoms with van der Waals surface area (Å²) in [5.41, 5.74) is 1.02. The van der Waals surface area contributed by atoms with Gasteiger partial charge in [0.05, 0.1) is 18.1 Å². The smallest absolute Gasteiger partial charge is 0.326 e. The lowest BCUT2D eigenvalue weighted by Gasteiger charge is -2.34. The molecule has 0 radical (unpaired) electrons. The molecule has 1 aliphatic carbocycles. The van der Waals surface area contributed by atoms with Crippen LogP contribution in [-0.2, 0) is 31.9 Å². The van der Waals surface area contributed by atoms with E-state index in [1.165, 1.54) is 6.07 Å². The first-order valence-corrected chi connectivity index (χ1v) is 9.60. The predicted molar refractivity (Wildman–Crippen MR) is 102 cm³/mol. The maximum absolute atomic E-state index is 12.4. The van der Waals surface area contributed by atoms with Gasteiger partial charge in [0.15, 0.2) is 0 Å². The number of esters is 2. The van der Waals surface area contributed by atoms with Crippen LogP contribution in [0.2, 0.25) is 0 Å². The molecule has 1 aliphatic rings. The van der Waals surface area contributed by atoms with E-state index < -0.39 is 22.8 Å².